The Morgan fingerprint density at radius 3 is 2.53 bits per heavy atom. The maximum atomic E-state index is 10.4. The molecular weight excluding hydrogens is 605 g/mol. The molecule has 3 aromatic heterocycles. The Kier molecular flexibility index (Phi) is 5.58. The van der Waals surface area contributed by atoms with Crippen LogP contribution in [0.1, 0.15) is 11.1 Å². The SMILES string of the molecule is Cc1ccc2ccc(Oc3[c-]c4c(cc3)c3cccc(C)c3n4-c3ccccn3)nc2c1O.[Pt]. The van der Waals surface area contributed by atoms with Crippen LogP contribution in [0.15, 0.2) is 79.0 Å². The quantitative estimate of drug-likeness (QED) is 0.224. The van der Waals surface area contributed by atoms with Crippen LogP contribution in [0.25, 0.3) is 38.5 Å². The van der Waals surface area contributed by atoms with Gasteiger partial charge >= 0.3 is 0 Å². The van der Waals surface area contributed by atoms with E-state index in [1.54, 1.807) is 12.3 Å². The van der Waals surface area contributed by atoms with Gasteiger partial charge in [-0.15, -0.1) is 17.5 Å². The molecule has 0 bridgehead atoms. The van der Waals surface area contributed by atoms with Crippen molar-refractivity contribution in [2.24, 2.45) is 0 Å². The molecule has 0 amide bonds. The fourth-order valence-corrected chi connectivity index (χ4v) is 4.34. The number of pyridine rings is 2. The summed E-state index contributed by atoms with van der Waals surface area (Å²) >= 11 is 0. The van der Waals surface area contributed by atoms with E-state index in [0.717, 1.165) is 44.1 Å². The summed E-state index contributed by atoms with van der Waals surface area (Å²) in [7, 11) is 0. The number of rotatable bonds is 3. The Morgan fingerprint density at radius 2 is 1.71 bits per heavy atom. The van der Waals surface area contributed by atoms with Gasteiger partial charge in [0.2, 0.25) is 5.88 Å². The third kappa shape index (κ3) is 3.53. The van der Waals surface area contributed by atoms with Crippen LogP contribution >= 0.6 is 0 Å². The van der Waals surface area contributed by atoms with Gasteiger partial charge in [-0.25, -0.2) is 9.97 Å². The molecule has 0 atom stereocenters. The van der Waals surface area contributed by atoms with Crippen LogP contribution in [0.5, 0.6) is 17.4 Å². The molecule has 0 radical (unpaired) electrons. The molecule has 0 fully saturated rings. The molecule has 6 heteroatoms. The van der Waals surface area contributed by atoms with Crippen LogP contribution in [-0.4, -0.2) is 19.6 Å². The second kappa shape index (κ2) is 8.58. The Balaban J connectivity index is 0.00000241. The van der Waals surface area contributed by atoms with Crippen molar-refractivity contribution in [3.05, 3.63) is 96.2 Å². The molecule has 34 heavy (non-hydrogen) atoms. The van der Waals surface area contributed by atoms with Crippen LogP contribution in [0, 0.1) is 19.9 Å². The normalized spacial score (nSPS) is 11.1. The Hall–Kier alpha value is -3.69. The summed E-state index contributed by atoms with van der Waals surface area (Å²) < 4.78 is 8.22. The van der Waals surface area contributed by atoms with Gasteiger partial charge in [-0.1, -0.05) is 41.9 Å². The van der Waals surface area contributed by atoms with E-state index < -0.39 is 0 Å². The van der Waals surface area contributed by atoms with Crippen molar-refractivity contribution in [3.63, 3.8) is 0 Å². The summed E-state index contributed by atoms with van der Waals surface area (Å²) in [5.74, 6) is 1.93. The van der Waals surface area contributed by atoms with Crippen LogP contribution < -0.4 is 4.74 Å². The molecule has 6 rings (SSSR count). The maximum absolute atomic E-state index is 10.4. The van der Waals surface area contributed by atoms with E-state index in [0.29, 0.717) is 17.1 Å². The fraction of sp³-hybridized carbons (Fsp3) is 0.0714. The predicted octanol–water partition coefficient (Wildman–Crippen LogP) is 6.64. The zero-order chi connectivity index (χ0) is 22.5. The monoisotopic (exact) mass is 625 g/mol. The van der Waals surface area contributed by atoms with Crippen molar-refractivity contribution in [2.75, 3.05) is 0 Å². The fourth-order valence-electron chi connectivity index (χ4n) is 4.34. The van der Waals surface area contributed by atoms with Gasteiger partial charge in [0, 0.05) is 50.0 Å². The topological polar surface area (TPSA) is 60.2 Å². The van der Waals surface area contributed by atoms with Gasteiger partial charge in [0.15, 0.2) is 0 Å². The van der Waals surface area contributed by atoms with Gasteiger partial charge in [0.25, 0.3) is 0 Å². The molecule has 0 saturated carbocycles. The van der Waals surface area contributed by atoms with Crippen molar-refractivity contribution in [1.82, 2.24) is 14.5 Å². The standard InChI is InChI=1S/C28H20N3O2.Pt/c1-17-6-5-7-22-21-13-12-20(16-23(21)31(27(17)22)24-8-3-4-15-29-24)33-25-14-11-19-10-9-18(2)28(32)26(19)30-25;/h3-15,32H,1-2H3;/q-1;. The van der Waals surface area contributed by atoms with Crippen molar-refractivity contribution in [1.29, 1.82) is 0 Å². The second-order valence-corrected chi connectivity index (χ2v) is 8.13. The molecule has 0 unspecified atom stereocenters. The van der Waals surface area contributed by atoms with Gasteiger partial charge in [-0.05, 0) is 48.6 Å². The van der Waals surface area contributed by atoms with Crippen LogP contribution in [0.2, 0.25) is 0 Å². The largest absolute Gasteiger partial charge is 0.505 e. The smallest absolute Gasteiger partial charge is 0.217 e. The maximum Gasteiger partial charge on any atom is 0.217 e. The van der Waals surface area contributed by atoms with Gasteiger partial charge in [0.05, 0.1) is 0 Å². The minimum atomic E-state index is 0. The van der Waals surface area contributed by atoms with Crippen molar-refractivity contribution < 1.29 is 30.9 Å². The molecule has 0 spiro atoms. The molecule has 0 aliphatic rings. The molecule has 6 aromatic rings. The first-order valence-corrected chi connectivity index (χ1v) is 10.7. The summed E-state index contributed by atoms with van der Waals surface area (Å²) in [6.45, 7) is 3.95. The number of hydrogen-bond acceptors (Lipinski definition) is 4. The number of phenolic OH excluding ortho intramolecular Hbond substituents is 1. The molecule has 3 aromatic carbocycles. The van der Waals surface area contributed by atoms with E-state index in [1.807, 2.05) is 55.5 Å². The van der Waals surface area contributed by atoms with Crippen LogP contribution in [0.4, 0.5) is 0 Å². The molecular formula is C28H20N3O2Pt-. The number of hydrogen-bond donors (Lipinski definition) is 1. The summed E-state index contributed by atoms with van der Waals surface area (Å²) in [6.07, 6.45) is 1.79. The Labute approximate surface area is 210 Å². The van der Waals surface area contributed by atoms with Crippen LogP contribution in [-0.2, 0) is 21.1 Å². The minimum Gasteiger partial charge on any atom is -0.505 e. The van der Waals surface area contributed by atoms with E-state index in [9.17, 15) is 5.11 Å². The predicted molar refractivity (Wildman–Crippen MR) is 130 cm³/mol. The molecule has 0 aliphatic heterocycles. The Bertz CT molecular complexity index is 1680. The molecule has 0 saturated heterocycles. The number of nitrogens with zero attached hydrogens (tertiary/aromatic N) is 3. The van der Waals surface area contributed by atoms with Gasteiger partial charge in [-0.2, -0.15) is 6.07 Å². The number of ether oxygens (including phenoxy) is 1. The summed E-state index contributed by atoms with van der Waals surface area (Å²) in [6, 6.07) is 27.0. The number of aryl methyl sites for hydroxylation is 2. The van der Waals surface area contributed by atoms with Gasteiger partial charge in [0.1, 0.15) is 17.1 Å². The molecule has 0 aliphatic carbocycles. The van der Waals surface area contributed by atoms with E-state index in [1.165, 1.54) is 0 Å². The first-order valence-electron chi connectivity index (χ1n) is 10.7. The summed E-state index contributed by atoms with van der Waals surface area (Å²) in [4.78, 5) is 9.13. The van der Waals surface area contributed by atoms with E-state index in [-0.39, 0.29) is 26.8 Å². The molecule has 3 heterocycles. The van der Waals surface area contributed by atoms with E-state index in [2.05, 4.69) is 45.7 Å². The zero-order valence-corrected chi connectivity index (χ0v) is 20.8. The van der Waals surface area contributed by atoms with Gasteiger partial charge < -0.3 is 14.4 Å². The van der Waals surface area contributed by atoms with Crippen molar-refractivity contribution in [3.8, 4) is 23.2 Å². The van der Waals surface area contributed by atoms with Crippen LogP contribution in [0.3, 0.4) is 0 Å². The number of phenols is 1. The van der Waals surface area contributed by atoms with Gasteiger partial charge in [-0.3, -0.25) is 0 Å². The van der Waals surface area contributed by atoms with Crippen molar-refractivity contribution >= 4 is 32.7 Å². The first-order chi connectivity index (χ1) is 16.1. The number of benzene rings is 3. The second-order valence-electron chi connectivity index (χ2n) is 8.13. The summed E-state index contributed by atoms with van der Waals surface area (Å²) in [5.41, 5.74) is 4.44. The number of para-hydroxylation sites is 1. The number of aromatic nitrogens is 3. The van der Waals surface area contributed by atoms with E-state index >= 15 is 0 Å². The molecule has 170 valence electrons. The molecule has 1 N–H and O–H groups in total. The third-order valence-electron chi connectivity index (χ3n) is 5.98. The average Bonchev–Trinajstić information content (AvgIpc) is 3.17. The first kappa shape index (κ1) is 22.1. The number of aromatic hydroxyl groups is 1. The zero-order valence-electron chi connectivity index (χ0n) is 18.5. The number of fused-ring (bicyclic) bond motifs is 4. The third-order valence-corrected chi connectivity index (χ3v) is 5.98. The van der Waals surface area contributed by atoms with Crippen molar-refractivity contribution in [2.45, 2.75) is 13.8 Å². The summed E-state index contributed by atoms with van der Waals surface area (Å²) in [5, 5.41) is 13.5. The Morgan fingerprint density at radius 1 is 0.853 bits per heavy atom. The molecule has 5 nitrogen and oxygen atoms in total. The minimum absolute atomic E-state index is 0. The van der Waals surface area contributed by atoms with E-state index in [4.69, 9.17) is 4.74 Å². The average molecular weight is 626 g/mol.